The molecular weight excluding hydrogens is 254 g/mol. The summed E-state index contributed by atoms with van der Waals surface area (Å²) < 4.78 is 3.74. The van der Waals surface area contributed by atoms with Crippen molar-refractivity contribution >= 4 is 5.91 Å². The Bertz CT molecular complexity index is 558. The first-order valence-electron chi connectivity index (χ1n) is 6.88. The Kier molecular flexibility index (Phi) is 4.55. The Balaban J connectivity index is 1.87. The van der Waals surface area contributed by atoms with E-state index in [4.69, 9.17) is 0 Å². The van der Waals surface area contributed by atoms with Gasteiger partial charge >= 0.3 is 0 Å². The van der Waals surface area contributed by atoms with Crippen LogP contribution in [0.1, 0.15) is 30.8 Å². The molecule has 0 aromatic carbocycles. The monoisotopic (exact) mass is 275 g/mol. The number of aryl methyl sites for hydroxylation is 1. The van der Waals surface area contributed by atoms with Gasteiger partial charge in [-0.3, -0.25) is 9.48 Å². The van der Waals surface area contributed by atoms with Crippen LogP contribution in [0.15, 0.2) is 24.8 Å². The molecule has 20 heavy (non-hydrogen) atoms. The van der Waals surface area contributed by atoms with Crippen LogP contribution in [0.2, 0.25) is 0 Å². The molecule has 1 N–H and O–H groups in total. The van der Waals surface area contributed by atoms with E-state index in [2.05, 4.69) is 15.4 Å². The predicted octanol–water partition coefficient (Wildman–Crippen LogP) is 1.46. The van der Waals surface area contributed by atoms with Crippen LogP contribution in [-0.2, 0) is 11.3 Å². The lowest BCUT2D eigenvalue weighted by molar-refractivity contribution is -0.124. The lowest BCUT2D eigenvalue weighted by Crippen LogP contribution is -2.34. The van der Waals surface area contributed by atoms with E-state index in [9.17, 15) is 4.79 Å². The lowest BCUT2D eigenvalue weighted by atomic mass is 10.2. The first-order chi connectivity index (χ1) is 9.63. The van der Waals surface area contributed by atoms with Gasteiger partial charge in [0.05, 0.1) is 12.0 Å². The molecule has 0 radical (unpaired) electrons. The third-order valence-electron chi connectivity index (χ3n) is 3.53. The van der Waals surface area contributed by atoms with E-state index in [0.29, 0.717) is 6.54 Å². The average molecular weight is 275 g/mol. The molecular formula is C14H21N5O. The summed E-state index contributed by atoms with van der Waals surface area (Å²) >= 11 is 0. The van der Waals surface area contributed by atoms with Gasteiger partial charge in [0.2, 0.25) is 5.91 Å². The molecule has 1 atom stereocenters. The minimum Gasteiger partial charge on any atom is -0.352 e. The summed E-state index contributed by atoms with van der Waals surface area (Å²) in [5.74, 6) is 0.00527. The number of nitrogens with one attached hydrogen (secondary N) is 1. The number of nitrogens with zero attached hydrogens (tertiary/aromatic N) is 4. The molecule has 0 aliphatic heterocycles. The maximum Gasteiger partial charge on any atom is 0.244 e. The number of hydrogen-bond acceptors (Lipinski definition) is 3. The van der Waals surface area contributed by atoms with Crippen molar-refractivity contribution in [2.45, 2.75) is 39.8 Å². The first kappa shape index (κ1) is 14.3. The van der Waals surface area contributed by atoms with E-state index >= 15 is 0 Å². The van der Waals surface area contributed by atoms with Gasteiger partial charge in [-0.1, -0.05) is 6.92 Å². The van der Waals surface area contributed by atoms with Crippen molar-refractivity contribution in [3.05, 3.63) is 36.2 Å². The summed E-state index contributed by atoms with van der Waals surface area (Å²) in [5, 5.41) is 7.09. The third kappa shape index (κ3) is 3.07. The quantitative estimate of drug-likeness (QED) is 0.868. The summed E-state index contributed by atoms with van der Waals surface area (Å²) in [7, 11) is 0. The van der Waals surface area contributed by atoms with Crippen molar-refractivity contribution in [1.29, 1.82) is 0 Å². The van der Waals surface area contributed by atoms with Crippen LogP contribution in [0.5, 0.6) is 0 Å². The minimum atomic E-state index is -0.240. The second kappa shape index (κ2) is 6.36. The van der Waals surface area contributed by atoms with Crippen LogP contribution < -0.4 is 5.32 Å². The average Bonchev–Trinajstić information content (AvgIpc) is 3.05. The SMILES string of the molecule is CC[C@@H](C(=O)NCCn1cnc(C)c1C)n1cccn1. The summed E-state index contributed by atoms with van der Waals surface area (Å²) in [4.78, 5) is 16.4. The van der Waals surface area contributed by atoms with Gasteiger partial charge in [-0.15, -0.1) is 0 Å². The highest BCUT2D eigenvalue weighted by Gasteiger charge is 2.17. The van der Waals surface area contributed by atoms with Crippen LogP contribution in [0.25, 0.3) is 0 Å². The van der Waals surface area contributed by atoms with Crippen molar-refractivity contribution < 1.29 is 4.79 Å². The number of rotatable bonds is 6. The number of carbonyl (C=O) groups excluding carboxylic acids is 1. The van der Waals surface area contributed by atoms with Crippen molar-refractivity contribution in [1.82, 2.24) is 24.6 Å². The molecule has 0 aliphatic rings. The molecule has 108 valence electrons. The highest BCUT2D eigenvalue weighted by Crippen LogP contribution is 2.09. The van der Waals surface area contributed by atoms with Gasteiger partial charge in [0.25, 0.3) is 0 Å². The molecule has 6 heteroatoms. The van der Waals surface area contributed by atoms with Crippen molar-refractivity contribution in [2.24, 2.45) is 0 Å². The maximum absolute atomic E-state index is 12.2. The van der Waals surface area contributed by atoms with E-state index < -0.39 is 0 Å². The molecule has 0 saturated carbocycles. The molecule has 0 saturated heterocycles. The zero-order valence-corrected chi connectivity index (χ0v) is 12.2. The molecule has 0 spiro atoms. The molecule has 0 unspecified atom stereocenters. The van der Waals surface area contributed by atoms with Crippen LogP contribution in [0.4, 0.5) is 0 Å². The summed E-state index contributed by atoms with van der Waals surface area (Å²) in [6, 6.07) is 1.59. The normalized spacial score (nSPS) is 12.3. The molecule has 6 nitrogen and oxygen atoms in total. The Morgan fingerprint density at radius 2 is 2.25 bits per heavy atom. The number of amides is 1. The number of carbonyl (C=O) groups is 1. The summed E-state index contributed by atoms with van der Waals surface area (Å²) in [6.07, 6.45) is 6.03. The Hall–Kier alpha value is -2.11. The second-order valence-corrected chi connectivity index (χ2v) is 4.81. The third-order valence-corrected chi connectivity index (χ3v) is 3.53. The van der Waals surface area contributed by atoms with Gasteiger partial charge < -0.3 is 9.88 Å². The predicted molar refractivity (Wildman–Crippen MR) is 76.3 cm³/mol. The molecule has 2 aromatic heterocycles. The van der Waals surface area contributed by atoms with Crippen molar-refractivity contribution in [3.8, 4) is 0 Å². The lowest BCUT2D eigenvalue weighted by Gasteiger charge is -2.15. The van der Waals surface area contributed by atoms with Crippen LogP contribution in [0, 0.1) is 13.8 Å². The van der Waals surface area contributed by atoms with E-state index in [0.717, 1.165) is 24.4 Å². The van der Waals surface area contributed by atoms with E-state index in [1.807, 2.05) is 43.9 Å². The standard InChI is InChI=1S/C14H21N5O/c1-4-13(19-8-5-6-17-19)14(20)15-7-9-18-10-16-11(2)12(18)3/h5-6,8,10,13H,4,7,9H2,1-3H3,(H,15,20)/t13-/m0/s1. The van der Waals surface area contributed by atoms with E-state index in [1.165, 1.54) is 0 Å². The molecule has 0 bridgehead atoms. The Morgan fingerprint density at radius 3 is 2.80 bits per heavy atom. The molecule has 2 heterocycles. The topological polar surface area (TPSA) is 64.7 Å². The van der Waals surface area contributed by atoms with Crippen LogP contribution in [-0.4, -0.2) is 31.8 Å². The van der Waals surface area contributed by atoms with Gasteiger partial charge in [0, 0.05) is 31.2 Å². The van der Waals surface area contributed by atoms with Gasteiger partial charge in [0.15, 0.2) is 0 Å². The largest absolute Gasteiger partial charge is 0.352 e. The molecule has 2 aromatic rings. The summed E-state index contributed by atoms with van der Waals surface area (Å²) in [5.41, 5.74) is 2.16. The first-order valence-corrected chi connectivity index (χ1v) is 6.88. The van der Waals surface area contributed by atoms with Gasteiger partial charge in [0.1, 0.15) is 6.04 Å². The van der Waals surface area contributed by atoms with Gasteiger partial charge in [-0.25, -0.2) is 4.98 Å². The maximum atomic E-state index is 12.2. The van der Waals surface area contributed by atoms with Crippen molar-refractivity contribution in [2.75, 3.05) is 6.54 Å². The van der Waals surface area contributed by atoms with E-state index in [1.54, 1.807) is 10.9 Å². The number of hydrogen-bond donors (Lipinski definition) is 1. The van der Waals surface area contributed by atoms with Crippen molar-refractivity contribution in [3.63, 3.8) is 0 Å². The highest BCUT2D eigenvalue weighted by atomic mass is 16.2. The fourth-order valence-corrected chi connectivity index (χ4v) is 2.14. The zero-order chi connectivity index (χ0) is 14.5. The fraction of sp³-hybridized carbons (Fsp3) is 0.500. The van der Waals surface area contributed by atoms with Gasteiger partial charge in [-0.2, -0.15) is 5.10 Å². The summed E-state index contributed by atoms with van der Waals surface area (Å²) in [6.45, 7) is 7.31. The fourth-order valence-electron chi connectivity index (χ4n) is 2.14. The van der Waals surface area contributed by atoms with Gasteiger partial charge in [-0.05, 0) is 26.3 Å². The number of imidazole rings is 1. The van der Waals surface area contributed by atoms with Crippen LogP contribution >= 0.6 is 0 Å². The Morgan fingerprint density at radius 1 is 1.45 bits per heavy atom. The molecule has 0 fully saturated rings. The Labute approximate surface area is 118 Å². The zero-order valence-electron chi connectivity index (χ0n) is 12.2. The molecule has 0 aliphatic carbocycles. The van der Waals surface area contributed by atoms with Crippen LogP contribution in [0.3, 0.4) is 0 Å². The minimum absolute atomic E-state index is 0.00527. The molecule has 1 amide bonds. The smallest absolute Gasteiger partial charge is 0.244 e. The molecule has 2 rings (SSSR count). The van der Waals surface area contributed by atoms with E-state index in [-0.39, 0.29) is 11.9 Å². The highest BCUT2D eigenvalue weighted by molar-refractivity contribution is 5.80. The second-order valence-electron chi connectivity index (χ2n) is 4.81. The number of aromatic nitrogens is 4.